The summed E-state index contributed by atoms with van der Waals surface area (Å²) in [6.45, 7) is 17.2. The average Bonchev–Trinajstić information content (AvgIpc) is 3.59. The monoisotopic (exact) mass is 853 g/mol. The summed E-state index contributed by atoms with van der Waals surface area (Å²) in [5.74, 6) is 4.92. The van der Waals surface area contributed by atoms with Gasteiger partial charge in [0.15, 0.2) is 0 Å². The van der Waals surface area contributed by atoms with Crippen molar-refractivity contribution in [2.75, 3.05) is 32.7 Å². The zero-order valence-corrected chi connectivity index (χ0v) is 40.6. The molecule has 3 saturated carbocycles. The first-order chi connectivity index (χ1) is 29.4. The van der Waals surface area contributed by atoms with E-state index in [9.17, 15) is 14.4 Å². The zero-order valence-electron chi connectivity index (χ0n) is 40.6. The molecule has 0 radical (unpaired) electrons. The molecule has 0 saturated heterocycles. The van der Waals surface area contributed by atoms with Gasteiger partial charge in [0, 0.05) is 32.5 Å². The topological polar surface area (TPSA) is 114 Å². The Hall–Kier alpha value is -2.09. The highest BCUT2D eigenvalue weighted by Gasteiger charge is 2.59. The molecule has 0 aromatic rings. The molecule has 3 amide bonds. The second-order valence-electron chi connectivity index (χ2n) is 21.5. The van der Waals surface area contributed by atoms with Crippen LogP contribution in [0, 0.1) is 46.3 Å². The van der Waals surface area contributed by atoms with Crippen molar-refractivity contribution in [1.29, 1.82) is 0 Å². The van der Waals surface area contributed by atoms with Crippen molar-refractivity contribution >= 4 is 17.9 Å². The molecule has 0 aromatic carbocycles. The Kier molecular flexibility index (Phi) is 23.1. The second-order valence-corrected chi connectivity index (χ2v) is 21.5. The van der Waals surface area contributed by atoms with Crippen LogP contribution in [0.5, 0.6) is 0 Å². The van der Waals surface area contributed by atoms with Crippen molar-refractivity contribution in [1.82, 2.24) is 15.5 Å². The number of nitrogens with zero attached hydrogens (tertiary/aromatic N) is 1. The molecule has 8 atom stereocenters. The molecule has 8 heteroatoms. The van der Waals surface area contributed by atoms with Crippen LogP contribution in [0.25, 0.3) is 0 Å². The lowest BCUT2D eigenvalue weighted by atomic mass is 9.47. The summed E-state index contributed by atoms with van der Waals surface area (Å²) in [5, 5.41) is 6.04. The second kappa shape index (κ2) is 27.3. The van der Waals surface area contributed by atoms with Gasteiger partial charge < -0.3 is 26.0 Å². The number of allylic oxidation sites excluding steroid dienone is 1. The van der Waals surface area contributed by atoms with Crippen LogP contribution in [0.15, 0.2) is 11.6 Å². The van der Waals surface area contributed by atoms with E-state index in [0.717, 1.165) is 106 Å². The normalized spacial score (nSPS) is 27.4. The van der Waals surface area contributed by atoms with Crippen LogP contribution < -0.4 is 16.4 Å². The predicted octanol–water partition coefficient (Wildman–Crippen LogP) is 12.7. The molecule has 0 spiro atoms. The first-order valence-corrected chi connectivity index (χ1v) is 26.3. The molecule has 4 N–H and O–H groups in total. The SMILES string of the molecule is CCCCCCCCCCCCC(=O)N(CCCCNC(=O)O[C@H]1CC[C@@]2(C)C(=CC[C@H]3[C@@H]4CC[C@H]([C@H](C)CCCC(C)C)[C@@]4(C)CC[C@@H]32)C1)CC(=O)NCCCCCCN. The summed E-state index contributed by atoms with van der Waals surface area (Å²) in [6, 6.07) is 0. The highest BCUT2D eigenvalue weighted by molar-refractivity contribution is 5.84. The van der Waals surface area contributed by atoms with Crippen molar-refractivity contribution in [2.24, 2.45) is 52.1 Å². The minimum absolute atomic E-state index is 0.0643. The van der Waals surface area contributed by atoms with Gasteiger partial charge in [0.05, 0.1) is 6.54 Å². The maximum Gasteiger partial charge on any atom is 0.407 e. The van der Waals surface area contributed by atoms with Crippen molar-refractivity contribution in [3.8, 4) is 0 Å². The Morgan fingerprint density at radius 3 is 2.16 bits per heavy atom. The molecule has 4 rings (SSSR count). The number of alkyl carbamates (subject to hydrolysis) is 1. The third-order valence-corrected chi connectivity index (χ3v) is 16.5. The Bertz CT molecular complexity index is 1320. The first-order valence-electron chi connectivity index (χ1n) is 26.3. The lowest BCUT2D eigenvalue weighted by Crippen LogP contribution is -2.51. The summed E-state index contributed by atoms with van der Waals surface area (Å²) < 4.78 is 6.07. The number of nitrogens with one attached hydrogen (secondary N) is 2. The fourth-order valence-corrected chi connectivity index (χ4v) is 12.9. The highest BCUT2D eigenvalue weighted by atomic mass is 16.6. The van der Waals surface area contributed by atoms with Gasteiger partial charge in [-0.15, -0.1) is 0 Å². The molecule has 0 bridgehead atoms. The molecule has 0 heterocycles. The van der Waals surface area contributed by atoms with Crippen LogP contribution >= 0.6 is 0 Å². The Labute approximate surface area is 375 Å². The minimum atomic E-state index is -0.324. The van der Waals surface area contributed by atoms with E-state index in [1.807, 2.05) is 0 Å². The summed E-state index contributed by atoms with van der Waals surface area (Å²) in [4.78, 5) is 41.0. The van der Waals surface area contributed by atoms with Crippen LogP contribution in [0.1, 0.15) is 221 Å². The number of fused-ring (bicyclic) bond motifs is 5. The Morgan fingerprint density at radius 2 is 1.44 bits per heavy atom. The van der Waals surface area contributed by atoms with Crippen molar-refractivity contribution in [3.63, 3.8) is 0 Å². The van der Waals surface area contributed by atoms with Gasteiger partial charge in [-0.1, -0.05) is 143 Å². The maximum atomic E-state index is 13.3. The number of unbranched alkanes of at least 4 members (excludes halogenated alkanes) is 13. The number of ether oxygens (including phenoxy) is 1. The fourth-order valence-electron chi connectivity index (χ4n) is 12.9. The van der Waals surface area contributed by atoms with Crippen LogP contribution in [0.4, 0.5) is 4.79 Å². The van der Waals surface area contributed by atoms with E-state index in [1.165, 1.54) is 103 Å². The average molecular weight is 853 g/mol. The smallest absolute Gasteiger partial charge is 0.407 e. The van der Waals surface area contributed by atoms with Crippen LogP contribution in [-0.4, -0.2) is 61.6 Å². The summed E-state index contributed by atoms with van der Waals surface area (Å²) in [6.07, 6.45) is 34.3. The van der Waals surface area contributed by atoms with E-state index in [1.54, 1.807) is 10.5 Å². The number of hydrogen-bond acceptors (Lipinski definition) is 5. The number of nitrogens with two attached hydrogens (primary N) is 1. The lowest BCUT2D eigenvalue weighted by molar-refractivity contribution is -0.136. The number of amides is 3. The fraction of sp³-hybridized carbons (Fsp3) is 0.906. The quantitative estimate of drug-likeness (QED) is 0.0492. The van der Waals surface area contributed by atoms with E-state index >= 15 is 0 Å². The van der Waals surface area contributed by atoms with Crippen LogP contribution in [0.2, 0.25) is 0 Å². The standard InChI is InChI=1S/C53H96N4O4/c1-7-8-9-10-11-12-13-14-15-18-26-50(59)57(40-49(58)55-36-20-17-16-19-35-54)38-22-21-37-56-51(60)61-44-31-33-52(5)43(39-44)27-28-45-47-30-29-46(42(4)25-23-24-41(2)3)53(47,6)34-32-48(45)52/h27,41-42,44-48H,7-26,28-40,54H2,1-6H3,(H,55,58)(H,56,60)/t42-,44+,45+,46-,47+,48+,52+,53-/m1/s1. The molecular formula is C53H96N4O4. The van der Waals surface area contributed by atoms with Gasteiger partial charge in [-0.25, -0.2) is 4.79 Å². The van der Waals surface area contributed by atoms with Gasteiger partial charge in [0.2, 0.25) is 11.8 Å². The summed E-state index contributed by atoms with van der Waals surface area (Å²) in [5.41, 5.74) is 7.90. The molecular weight excluding hydrogens is 757 g/mol. The minimum Gasteiger partial charge on any atom is -0.446 e. The van der Waals surface area contributed by atoms with Crippen molar-refractivity contribution in [2.45, 2.75) is 227 Å². The van der Waals surface area contributed by atoms with Crippen LogP contribution in [-0.2, 0) is 14.3 Å². The first kappa shape index (κ1) is 51.5. The molecule has 352 valence electrons. The van der Waals surface area contributed by atoms with E-state index < -0.39 is 0 Å². The van der Waals surface area contributed by atoms with Gasteiger partial charge >= 0.3 is 6.09 Å². The third kappa shape index (κ3) is 16.1. The largest absolute Gasteiger partial charge is 0.446 e. The Balaban J connectivity index is 1.17. The molecule has 3 fully saturated rings. The molecule has 8 nitrogen and oxygen atoms in total. The van der Waals surface area contributed by atoms with Gasteiger partial charge in [0.1, 0.15) is 6.10 Å². The molecule has 0 aromatic heterocycles. The maximum absolute atomic E-state index is 13.3. The van der Waals surface area contributed by atoms with E-state index in [2.05, 4.69) is 58.3 Å². The van der Waals surface area contributed by atoms with Crippen molar-refractivity contribution < 1.29 is 19.1 Å². The van der Waals surface area contributed by atoms with E-state index in [0.29, 0.717) is 38.0 Å². The number of rotatable bonds is 30. The van der Waals surface area contributed by atoms with E-state index in [-0.39, 0.29) is 36.0 Å². The number of hydrogen-bond donors (Lipinski definition) is 3. The van der Waals surface area contributed by atoms with Crippen molar-refractivity contribution in [3.05, 3.63) is 11.6 Å². The molecule has 61 heavy (non-hydrogen) atoms. The molecule has 4 aliphatic carbocycles. The summed E-state index contributed by atoms with van der Waals surface area (Å²) >= 11 is 0. The number of carbonyl (C=O) groups is 3. The Morgan fingerprint density at radius 1 is 0.770 bits per heavy atom. The molecule has 0 aliphatic heterocycles. The highest BCUT2D eigenvalue weighted by Crippen LogP contribution is 2.67. The van der Waals surface area contributed by atoms with Gasteiger partial charge in [-0.3, -0.25) is 9.59 Å². The van der Waals surface area contributed by atoms with Crippen LogP contribution in [0.3, 0.4) is 0 Å². The molecule has 0 unspecified atom stereocenters. The lowest BCUT2D eigenvalue weighted by Gasteiger charge is -2.58. The summed E-state index contributed by atoms with van der Waals surface area (Å²) in [7, 11) is 0. The van der Waals surface area contributed by atoms with Gasteiger partial charge in [-0.05, 0) is 130 Å². The van der Waals surface area contributed by atoms with E-state index in [4.69, 9.17) is 10.5 Å². The van der Waals surface area contributed by atoms with Gasteiger partial charge in [-0.2, -0.15) is 0 Å². The zero-order chi connectivity index (χ0) is 44.1. The third-order valence-electron chi connectivity index (χ3n) is 16.5. The molecule has 4 aliphatic rings. The number of carbonyl (C=O) groups excluding carboxylic acids is 3. The van der Waals surface area contributed by atoms with Gasteiger partial charge in [0.25, 0.3) is 0 Å². The predicted molar refractivity (Wildman–Crippen MR) is 254 cm³/mol.